The molecule has 30 heavy (non-hydrogen) atoms. The average Bonchev–Trinajstić information content (AvgIpc) is 2.75. The number of hydrogen-bond donors (Lipinski definition) is 2. The lowest BCUT2D eigenvalue weighted by molar-refractivity contribution is 0.163. The molecule has 4 rings (SSSR count). The fourth-order valence-electron chi connectivity index (χ4n) is 6.42. The number of phenolic OH excluding ortho intramolecular Hbond substituents is 2. The van der Waals surface area contributed by atoms with Gasteiger partial charge >= 0.3 is 0 Å². The molecule has 0 radical (unpaired) electrons. The van der Waals surface area contributed by atoms with Gasteiger partial charge in [-0.05, 0) is 98.6 Å². The summed E-state index contributed by atoms with van der Waals surface area (Å²) in [6.07, 6.45) is 12.0. The van der Waals surface area contributed by atoms with Crippen molar-refractivity contribution in [1.82, 2.24) is 0 Å². The van der Waals surface area contributed by atoms with Crippen LogP contribution in [0.5, 0.6) is 11.5 Å². The van der Waals surface area contributed by atoms with Gasteiger partial charge in [0.2, 0.25) is 0 Å². The summed E-state index contributed by atoms with van der Waals surface area (Å²) in [5.74, 6) is 2.62. The van der Waals surface area contributed by atoms with Crippen molar-refractivity contribution >= 4 is 0 Å². The van der Waals surface area contributed by atoms with E-state index in [9.17, 15) is 10.2 Å². The van der Waals surface area contributed by atoms with Gasteiger partial charge in [-0.3, -0.25) is 0 Å². The van der Waals surface area contributed by atoms with E-state index in [2.05, 4.69) is 24.3 Å². The van der Waals surface area contributed by atoms with Gasteiger partial charge in [0.05, 0.1) is 0 Å². The van der Waals surface area contributed by atoms with Crippen LogP contribution in [0.3, 0.4) is 0 Å². The van der Waals surface area contributed by atoms with Crippen molar-refractivity contribution in [2.75, 3.05) is 0 Å². The quantitative estimate of drug-likeness (QED) is 0.558. The Balaban J connectivity index is 1.75. The molecule has 2 heteroatoms. The van der Waals surface area contributed by atoms with Crippen molar-refractivity contribution in [3.63, 3.8) is 0 Å². The zero-order valence-electron chi connectivity index (χ0n) is 19.2. The van der Waals surface area contributed by atoms with Gasteiger partial charge in [0.25, 0.3) is 0 Å². The highest BCUT2D eigenvalue weighted by Crippen LogP contribution is 2.51. The van der Waals surface area contributed by atoms with Gasteiger partial charge in [-0.15, -0.1) is 0 Å². The smallest absolute Gasteiger partial charge is 0.121 e. The van der Waals surface area contributed by atoms with Gasteiger partial charge in [0.1, 0.15) is 11.5 Å². The van der Waals surface area contributed by atoms with E-state index in [0.717, 1.165) is 46.9 Å². The van der Waals surface area contributed by atoms with Crippen LogP contribution in [0.15, 0.2) is 24.3 Å². The highest BCUT2D eigenvalue weighted by molar-refractivity contribution is 5.52. The number of benzene rings is 2. The van der Waals surface area contributed by atoms with E-state index in [4.69, 9.17) is 0 Å². The topological polar surface area (TPSA) is 40.5 Å². The van der Waals surface area contributed by atoms with Gasteiger partial charge < -0.3 is 10.2 Å². The standard InChI is InChI=1S/C28H38O2/c1-18-14-24(15-19(2)26(18)29)28(25-16-20(3)27(30)21(4)17-25)12-10-23(11-13-28)22-8-6-5-7-9-22/h14-17,22-23,29-30H,5-13H2,1-4H3. The first-order valence-electron chi connectivity index (χ1n) is 11.9. The van der Waals surface area contributed by atoms with E-state index < -0.39 is 0 Å². The van der Waals surface area contributed by atoms with Crippen molar-refractivity contribution in [2.45, 2.75) is 90.9 Å². The molecule has 2 nitrogen and oxygen atoms in total. The zero-order valence-corrected chi connectivity index (χ0v) is 19.2. The van der Waals surface area contributed by atoms with Gasteiger partial charge in [-0.1, -0.05) is 56.4 Å². The molecule has 0 atom stereocenters. The predicted octanol–water partition coefficient (Wildman–Crippen LogP) is 7.39. The van der Waals surface area contributed by atoms with Crippen LogP contribution in [0.1, 0.15) is 91.2 Å². The Kier molecular flexibility index (Phi) is 5.88. The summed E-state index contributed by atoms with van der Waals surface area (Å²) in [6, 6.07) is 8.84. The normalized spacial score (nSPS) is 20.4. The molecule has 2 aliphatic carbocycles. The third-order valence-electron chi connectivity index (χ3n) is 8.29. The second-order valence-electron chi connectivity index (χ2n) is 10.2. The van der Waals surface area contributed by atoms with Crippen LogP contribution in [-0.2, 0) is 5.41 Å². The molecular formula is C28H38O2. The molecule has 0 unspecified atom stereocenters. The molecule has 0 saturated heterocycles. The van der Waals surface area contributed by atoms with Crippen molar-refractivity contribution in [1.29, 1.82) is 0 Å². The molecule has 162 valence electrons. The van der Waals surface area contributed by atoms with Crippen LogP contribution in [-0.4, -0.2) is 10.2 Å². The lowest BCUT2D eigenvalue weighted by atomic mass is 9.60. The maximum atomic E-state index is 10.4. The maximum absolute atomic E-state index is 10.4. The van der Waals surface area contributed by atoms with Crippen LogP contribution in [0, 0.1) is 39.5 Å². The first kappa shape index (κ1) is 21.3. The van der Waals surface area contributed by atoms with E-state index in [1.165, 1.54) is 56.1 Å². The zero-order chi connectivity index (χ0) is 21.5. The minimum absolute atomic E-state index is 0.0302. The van der Waals surface area contributed by atoms with Crippen molar-refractivity contribution < 1.29 is 10.2 Å². The number of rotatable bonds is 3. The summed E-state index contributed by atoms with van der Waals surface area (Å²) >= 11 is 0. The van der Waals surface area contributed by atoms with Crippen molar-refractivity contribution in [3.05, 3.63) is 57.6 Å². The third-order valence-corrected chi connectivity index (χ3v) is 8.29. The molecule has 2 aromatic carbocycles. The Bertz CT molecular complexity index is 807. The molecule has 0 amide bonds. The van der Waals surface area contributed by atoms with Gasteiger partial charge in [-0.25, -0.2) is 0 Å². The maximum Gasteiger partial charge on any atom is 0.121 e. The third kappa shape index (κ3) is 3.74. The molecular weight excluding hydrogens is 368 g/mol. The average molecular weight is 407 g/mol. The largest absolute Gasteiger partial charge is 0.507 e. The summed E-state index contributed by atoms with van der Waals surface area (Å²) in [7, 11) is 0. The number of aryl methyl sites for hydroxylation is 4. The second kappa shape index (κ2) is 8.29. The molecule has 2 N–H and O–H groups in total. The number of aromatic hydroxyl groups is 2. The monoisotopic (exact) mass is 406 g/mol. The van der Waals surface area contributed by atoms with E-state index in [1.807, 2.05) is 27.7 Å². The summed E-state index contributed by atoms with van der Waals surface area (Å²) in [5, 5.41) is 20.8. The van der Waals surface area contributed by atoms with Crippen LogP contribution in [0.4, 0.5) is 0 Å². The van der Waals surface area contributed by atoms with Crippen molar-refractivity contribution in [3.8, 4) is 11.5 Å². The molecule has 2 aliphatic rings. The van der Waals surface area contributed by atoms with Crippen LogP contribution >= 0.6 is 0 Å². The summed E-state index contributed by atoms with van der Waals surface area (Å²) in [4.78, 5) is 0. The molecule has 2 saturated carbocycles. The van der Waals surface area contributed by atoms with Crippen molar-refractivity contribution in [2.24, 2.45) is 11.8 Å². The van der Waals surface area contributed by atoms with E-state index in [0.29, 0.717) is 11.5 Å². The second-order valence-corrected chi connectivity index (χ2v) is 10.2. The highest BCUT2D eigenvalue weighted by Gasteiger charge is 2.41. The molecule has 0 aromatic heterocycles. The summed E-state index contributed by atoms with van der Waals surface area (Å²) in [6.45, 7) is 8.06. The SMILES string of the molecule is Cc1cc(C2(c3cc(C)c(O)c(C)c3)CCC(C3CCCCC3)CC2)cc(C)c1O. The first-order valence-corrected chi connectivity index (χ1v) is 11.9. The summed E-state index contributed by atoms with van der Waals surface area (Å²) in [5.41, 5.74) is 6.50. The van der Waals surface area contributed by atoms with E-state index in [-0.39, 0.29) is 5.41 Å². The van der Waals surface area contributed by atoms with E-state index in [1.54, 1.807) is 0 Å². The number of hydrogen-bond acceptors (Lipinski definition) is 2. The van der Waals surface area contributed by atoms with Crippen LogP contribution in [0.2, 0.25) is 0 Å². The molecule has 0 spiro atoms. The summed E-state index contributed by atoms with van der Waals surface area (Å²) < 4.78 is 0. The van der Waals surface area contributed by atoms with Gasteiger partial charge in [-0.2, -0.15) is 0 Å². The Hall–Kier alpha value is -1.96. The Morgan fingerprint density at radius 3 is 1.37 bits per heavy atom. The molecule has 2 fully saturated rings. The van der Waals surface area contributed by atoms with Gasteiger partial charge in [0, 0.05) is 5.41 Å². The Morgan fingerprint density at radius 2 is 0.967 bits per heavy atom. The highest BCUT2D eigenvalue weighted by atomic mass is 16.3. The van der Waals surface area contributed by atoms with E-state index >= 15 is 0 Å². The number of phenols is 2. The molecule has 0 aliphatic heterocycles. The minimum Gasteiger partial charge on any atom is -0.507 e. The molecule has 0 bridgehead atoms. The first-order chi connectivity index (χ1) is 14.3. The lowest BCUT2D eigenvalue weighted by Gasteiger charge is -2.44. The fourth-order valence-corrected chi connectivity index (χ4v) is 6.42. The van der Waals surface area contributed by atoms with Crippen LogP contribution < -0.4 is 0 Å². The van der Waals surface area contributed by atoms with Crippen LogP contribution in [0.25, 0.3) is 0 Å². The minimum atomic E-state index is -0.0302. The fraction of sp³-hybridized carbons (Fsp3) is 0.571. The predicted molar refractivity (Wildman–Crippen MR) is 124 cm³/mol. The molecule has 0 heterocycles. The van der Waals surface area contributed by atoms with Gasteiger partial charge in [0.15, 0.2) is 0 Å². The lowest BCUT2D eigenvalue weighted by Crippen LogP contribution is -2.35. The Labute approximate surface area is 182 Å². The molecule has 2 aromatic rings. The Morgan fingerprint density at radius 1 is 0.600 bits per heavy atom.